The summed E-state index contributed by atoms with van der Waals surface area (Å²) >= 11 is 0. The van der Waals surface area contributed by atoms with Crippen molar-refractivity contribution in [1.82, 2.24) is 0 Å². The van der Waals surface area contributed by atoms with Crippen molar-refractivity contribution in [3.63, 3.8) is 0 Å². The molecule has 3 heteroatoms. The highest BCUT2D eigenvalue weighted by Crippen LogP contribution is 2.29. The quantitative estimate of drug-likeness (QED) is 0.824. The lowest BCUT2D eigenvalue weighted by atomic mass is 9.75. The molecule has 0 fully saturated rings. The lowest BCUT2D eigenvalue weighted by molar-refractivity contribution is -0.120. The number of Topliss-reactive ketones (excluding diaryl/α,β-unsaturated/α-hetero) is 1. The van der Waals surface area contributed by atoms with Gasteiger partial charge in [-0.2, -0.15) is 5.26 Å². The number of carbonyl (C=O) groups is 1. The summed E-state index contributed by atoms with van der Waals surface area (Å²) in [7, 11) is 0. The number of furan rings is 1. The highest BCUT2D eigenvalue weighted by molar-refractivity contribution is 5.91. The molecule has 0 spiro atoms. The van der Waals surface area contributed by atoms with Crippen molar-refractivity contribution in [2.75, 3.05) is 0 Å². The first-order chi connectivity index (χ1) is 8.69. The molecule has 0 aliphatic heterocycles. The van der Waals surface area contributed by atoms with Crippen molar-refractivity contribution < 1.29 is 9.21 Å². The van der Waals surface area contributed by atoms with Crippen LogP contribution in [0.4, 0.5) is 0 Å². The standard InChI is InChI=1S/C15H13NO2/c1-12(17)15(11-16,10-14-8-5-9-18-14)13-6-3-2-4-7-13/h2-9H,10H2,1H3. The van der Waals surface area contributed by atoms with Crippen LogP contribution in [-0.2, 0) is 16.6 Å². The average molecular weight is 239 g/mol. The largest absolute Gasteiger partial charge is 0.469 e. The van der Waals surface area contributed by atoms with Crippen molar-refractivity contribution in [2.24, 2.45) is 0 Å². The molecule has 0 radical (unpaired) electrons. The van der Waals surface area contributed by atoms with Gasteiger partial charge in [0.2, 0.25) is 0 Å². The summed E-state index contributed by atoms with van der Waals surface area (Å²) in [5.74, 6) is 0.461. The fraction of sp³-hybridized carbons (Fsp3) is 0.200. The molecule has 18 heavy (non-hydrogen) atoms. The second kappa shape index (κ2) is 4.89. The minimum atomic E-state index is -1.17. The van der Waals surface area contributed by atoms with E-state index in [-0.39, 0.29) is 12.2 Å². The number of hydrogen-bond acceptors (Lipinski definition) is 3. The van der Waals surface area contributed by atoms with Gasteiger partial charge in [-0.05, 0) is 24.6 Å². The molecule has 90 valence electrons. The zero-order chi connectivity index (χ0) is 13.0. The zero-order valence-corrected chi connectivity index (χ0v) is 10.1. The number of rotatable bonds is 4. The third-order valence-corrected chi connectivity index (χ3v) is 3.08. The van der Waals surface area contributed by atoms with Crippen LogP contribution in [0.1, 0.15) is 18.2 Å². The van der Waals surface area contributed by atoms with Crippen LogP contribution in [-0.4, -0.2) is 5.78 Å². The molecule has 0 saturated heterocycles. The van der Waals surface area contributed by atoms with Gasteiger partial charge in [-0.1, -0.05) is 30.3 Å². The van der Waals surface area contributed by atoms with Crippen molar-refractivity contribution in [3.05, 3.63) is 60.1 Å². The van der Waals surface area contributed by atoms with Gasteiger partial charge in [0.15, 0.2) is 5.78 Å². The molecular weight excluding hydrogens is 226 g/mol. The van der Waals surface area contributed by atoms with Gasteiger partial charge < -0.3 is 4.42 Å². The normalized spacial score (nSPS) is 13.6. The van der Waals surface area contributed by atoms with Crippen LogP contribution in [0.15, 0.2) is 53.1 Å². The Hall–Kier alpha value is -2.34. The van der Waals surface area contributed by atoms with Gasteiger partial charge in [0.05, 0.1) is 12.3 Å². The van der Waals surface area contributed by atoms with Gasteiger partial charge in [0.1, 0.15) is 11.2 Å². The lowest BCUT2D eigenvalue weighted by Gasteiger charge is -2.23. The molecule has 2 aromatic rings. The molecule has 2 rings (SSSR count). The average Bonchev–Trinajstić information content (AvgIpc) is 2.89. The maximum absolute atomic E-state index is 12.0. The topological polar surface area (TPSA) is 54.0 Å². The second-order valence-electron chi connectivity index (χ2n) is 4.20. The predicted molar refractivity (Wildman–Crippen MR) is 66.8 cm³/mol. The molecular formula is C15H13NO2. The van der Waals surface area contributed by atoms with Gasteiger partial charge >= 0.3 is 0 Å². The van der Waals surface area contributed by atoms with Gasteiger partial charge in [-0.3, -0.25) is 4.79 Å². The van der Waals surface area contributed by atoms with Gasteiger partial charge in [0.25, 0.3) is 0 Å². The molecule has 1 atom stereocenters. The van der Waals surface area contributed by atoms with Crippen molar-refractivity contribution >= 4 is 5.78 Å². The van der Waals surface area contributed by atoms with E-state index in [4.69, 9.17) is 4.42 Å². The summed E-state index contributed by atoms with van der Waals surface area (Å²) in [4.78, 5) is 12.0. The third kappa shape index (κ3) is 2.05. The number of nitriles is 1. The number of ketones is 1. The Morgan fingerprint density at radius 3 is 2.50 bits per heavy atom. The van der Waals surface area contributed by atoms with Crippen LogP contribution in [0.2, 0.25) is 0 Å². The summed E-state index contributed by atoms with van der Waals surface area (Å²) in [5, 5.41) is 9.49. The smallest absolute Gasteiger partial charge is 0.154 e. The first-order valence-electron chi connectivity index (χ1n) is 5.69. The number of benzene rings is 1. The summed E-state index contributed by atoms with van der Waals surface area (Å²) in [6.45, 7) is 1.44. The Labute approximate surface area is 106 Å². The Morgan fingerprint density at radius 1 is 1.28 bits per heavy atom. The molecule has 1 aromatic heterocycles. The molecule has 3 nitrogen and oxygen atoms in total. The Bertz CT molecular complexity index is 566. The SMILES string of the molecule is CC(=O)C(C#N)(Cc1ccco1)c1ccccc1. The van der Waals surface area contributed by atoms with E-state index in [0.29, 0.717) is 11.3 Å². The highest BCUT2D eigenvalue weighted by Gasteiger charge is 2.38. The van der Waals surface area contributed by atoms with E-state index in [1.165, 1.54) is 6.92 Å². The molecule has 1 unspecified atom stereocenters. The second-order valence-corrected chi connectivity index (χ2v) is 4.20. The monoisotopic (exact) mass is 239 g/mol. The summed E-state index contributed by atoms with van der Waals surface area (Å²) in [6.07, 6.45) is 1.80. The fourth-order valence-corrected chi connectivity index (χ4v) is 2.01. The van der Waals surface area contributed by atoms with Crippen molar-refractivity contribution in [3.8, 4) is 6.07 Å². The Morgan fingerprint density at radius 2 is 2.00 bits per heavy atom. The van der Waals surface area contributed by atoms with E-state index in [9.17, 15) is 10.1 Å². The maximum atomic E-state index is 12.0. The van der Waals surface area contributed by atoms with Crippen molar-refractivity contribution in [1.29, 1.82) is 5.26 Å². The van der Waals surface area contributed by atoms with E-state index in [1.54, 1.807) is 30.5 Å². The lowest BCUT2D eigenvalue weighted by Crippen LogP contribution is -2.34. The highest BCUT2D eigenvalue weighted by atomic mass is 16.3. The molecule has 0 saturated carbocycles. The summed E-state index contributed by atoms with van der Waals surface area (Å²) in [5.41, 5.74) is -0.463. The van der Waals surface area contributed by atoms with Crippen LogP contribution < -0.4 is 0 Å². The summed E-state index contributed by atoms with van der Waals surface area (Å²) < 4.78 is 5.26. The van der Waals surface area contributed by atoms with Gasteiger partial charge in [-0.15, -0.1) is 0 Å². The van der Waals surface area contributed by atoms with Crippen molar-refractivity contribution in [2.45, 2.75) is 18.8 Å². The molecule has 1 heterocycles. The minimum Gasteiger partial charge on any atom is -0.469 e. The molecule has 0 amide bonds. The molecule has 1 aromatic carbocycles. The van der Waals surface area contributed by atoms with Gasteiger partial charge in [-0.25, -0.2) is 0 Å². The Balaban J connectivity index is 2.48. The number of hydrogen-bond donors (Lipinski definition) is 0. The van der Waals surface area contributed by atoms with E-state index in [0.717, 1.165) is 0 Å². The van der Waals surface area contributed by atoms with Crippen LogP contribution >= 0.6 is 0 Å². The van der Waals surface area contributed by atoms with E-state index < -0.39 is 5.41 Å². The number of carbonyl (C=O) groups excluding carboxylic acids is 1. The van der Waals surface area contributed by atoms with E-state index >= 15 is 0 Å². The predicted octanol–water partition coefficient (Wildman–Crippen LogP) is 2.87. The van der Waals surface area contributed by atoms with E-state index in [2.05, 4.69) is 6.07 Å². The molecule has 0 bridgehead atoms. The molecule has 0 aliphatic rings. The first kappa shape index (κ1) is 12.1. The number of nitrogens with zero attached hydrogens (tertiary/aromatic N) is 1. The molecule has 0 N–H and O–H groups in total. The molecule has 0 aliphatic carbocycles. The van der Waals surface area contributed by atoms with Crippen LogP contribution in [0.5, 0.6) is 0 Å². The maximum Gasteiger partial charge on any atom is 0.154 e. The van der Waals surface area contributed by atoms with Crippen LogP contribution in [0.25, 0.3) is 0 Å². The van der Waals surface area contributed by atoms with Crippen LogP contribution in [0.3, 0.4) is 0 Å². The first-order valence-corrected chi connectivity index (χ1v) is 5.69. The minimum absolute atomic E-state index is 0.174. The fourth-order valence-electron chi connectivity index (χ4n) is 2.01. The van der Waals surface area contributed by atoms with Gasteiger partial charge in [0, 0.05) is 6.42 Å². The zero-order valence-electron chi connectivity index (χ0n) is 10.1. The van der Waals surface area contributed by atoms with E-state index in [1.807, 2.05) is 18.2 Å². The Kier molecular flexibility index (Phi) is 3.29. The third-order valence-electron chi connectivity index (χ3n) is 3.08. The summed E-state index contributed by atoms with van der Waals surface area (Å²) in [6, 6.07) is 14.8. The van der Waals surface area contributed by atoms with Crippen LogP contribution in [0, 0.1) is 11.3 Å².